The van der Waals surface area contributed by atoms with Gasteiger partial charge in [0.15, 0.2) is 5.17 Å². The van der Waals surface area contributed by atoms with Gasteiger partial charge in [-0.1, -0.05) is 48.5 Å². The van der Waals surface area contributed by atoms with E-state index in [4.69, 9.17) is 9.73 Å². The molecular weight excluding hydrogens is 368 g/mol. The molecule has 28 heavy (non-hydrogen) atoms. The third kappa shape index (κ3) is 3.85. The molecule has 0 radical (unpaired) electrons. The van der Waals surface area contributed by atoms with E-state index < -0.39 is 0 Å². The second-order valence-corrected chi connectivity index (χ2v) is 7.10. The van der Waals surface area contributed by atoms with Gasteiger partial charge in [0, 0.05) is 0 Å². The van der Waals surface area contributed by atoms with Crippen LogP contribution in [0.4, 0.5) is 11.4 Å². The molecule has 0 spiro atoms. The number of hydrogen-bond acceptors (Lipinski definition) is 4. The molecule has 0 aromatic heterocycles. The highest BCUT2D eigenvalue weighted by Crippen LogP contribution is 2.37. The van der Waals surface area contributed by atoms with E-state index >= 15 is 0 Å². The van der Waals surface area contributed by atoms with Crippen molar-refractivity contribution in [2.24, 2.45) is 4.99 Å². The van der Waals surface area contributed by atoms with Crippen molar-refractivity contribution in [2.45, 2.75) is 0 Å². The quantitative estimate of drug-likeness (QED) is 0.556. The lowest BCUT2D eigenvalue weighted by Gasteiger charge is -2.15. The van der Waals surface area contributed by atoms with E-state index in [1.807, 2.05) is 91.0 Å². The first kappa shape index (κ1) is 18.1. The number of amidine groups is 1. The Morgan fingerprint density at radius 3 is 2.18 bits per heavy atom. The Kier molecular flexibility index (Phi) is 5.26. The Labute approximate surface area is 168 Å². The van der Waals surface area contributed by atoms with E-state index in [0.717, 1.165) is 22.7 Å². The predicted octanol–water partition coefficient (Wildman–Crippen LogP) is 5.50. The molecule has 0 bridgehead atoms. The summed E-state index contributed by atoms with van der Waals surface area (Å²) in [5, 5.41) is 0.628. The molecule has 1 saturated heterocycles. The molecular formula is C23H18N2O2S. The van der Waals surface area contributed by atoms with Gasteiger partial charge in [0.2, 0.25) is 0 Å². The second-order valence-electron chi connectivity index (χ2n) is 6.09. The number of thioether (sulfide) groups is 1. The number of para-hydroxylation sites is 1. The highest BCUT2D eigenvalue weighted by Gasteiger charge is 2.34. The summed E-state index contributed by atoms with van der Waals surface area (Å²) in [5.74, 6) is 0.691. The fraction of sp³-hybridized carbons (Fsp3) is 0.0435. The molecule has 0 unspecified atom stereocenters. The van der Waals surface area contributed by atoms with E-state index in [9.17, 15) is 4.79 Å². The summed E-state index contributed by atoms with van der Waals surface area (Å²) >= 11 is 1.38. The fourth-order valence-electron chi connectivity index (χ4n) is 2.82. The van der Waals surface area contributed by atoms with Crippen LogP contribution in [0.3, 0.4) is 0 Å². The molecule has 1 heterocycles. The minimum atomic E-state index is -0.0766. The van der Waals surface area contributed by atoms with Crippen LogP contribution in [0, 0.1) is 0 Å². The number of methoxy groups -OCH3 is 1. The van der Waals surface area contributed by atoms with Crippen LogP contribution in [0.25, 0.3) is 6.08 Å². The SMILES string of the molecule is COc1ccc(N=C2S/C(=C\c3ccccc3)C(=O)N2c2ccccc2)cc1. The van der Waals surface area contributed by atoms with E-state index in [1.165, 1.54) is 11.8 Å². The van der Waals surface area contributed by atoms with Crippen molar-refractivity contribution in [3.63, 3.8) is 0 Å². The molecule has 5 heteroatoms. The Morgan fingerprint density at radius 2 is 1.54 bits per heavy atom. The van der Waals surface area contributed by atoms with Gasteiger partial charge in [-0.15, -0.1) is 0 Å². The van der Waals surface area contributed by atoms with Gasteiger partial charge in [-0.05, 0) is 59.8 Å². The minimum Gasteiger partial charge on any atom is -0.497 e. The summed E-state index contributed by atoms with van der Waals surface area (Å²) in [6, 6.07) is 26.9. The molecule has 0 atom stereocenters. The number of ether oxygens (including phenoxy) is 1. The van der Waals surface area contributed by atoms with Gasteiger partial charge in [-0.2, -0.15) is 0 Å². The van der Waals surface area contributed by atoms with Crippen molar-refractivity contribution >= 4 is 40.3 Å². The van der Waals surface area contributed by atoms with Crippen LogP contribution in [0.15, 0.2) is 94.8 Å². The van der Waals surface area contributed by atoms with E-state index in [1.54, 1.807) is 12.0 Å². The van der Waals surface area contributed by atoms with Gasteiger partial charge < -0.3 is 4.74 Å². The summed E-state index contributed by atoms with van der Waals surface area (Å²) in [6.07, 6.45) is 1.90. The van der Waals surface area contributed by atoms with Crippen LogP contribution < -0.4 is 9.64 Å². The van der Waals surface area contributed by atoms with E-state index in [0.29, 0.717) is 10.1 Å². The zero-order chi connectivity index (χ0) is 19.3. The lowest BCUT2D eigenvalue weighted by Crippen LogP contribution is -2.28. The lowest BCUT2D eigenvalue weighted by atomic mass is 10.2. The topological polar surface area (TPSA) is 41.9 Å². The van der Waals surface area contributed by atoms with E-state index in [2.05, 4.69) is 0 Å². The summed E-state index contributed by atoms with van der Waals surface area (Å²) < 4.78 is 5.20. The number of rotatable bonds is 4. The van der Waals surface area contributed by atoms with Crippen LogP contribution in [-0.4, -0.2) is 18.2 Å². The van der Waals surface area contributed by atoms with Crippen molar-refractivity contribution in [3.05, 3.63) is 95.4 Å². The van der Waals surface area contributed by atoms with Crippen molar-refractivity contribution in [1.29, 1.82) is 0 Å². The highest BCUT2D eigenvalue weighted by molar-refractivity contribution is 8.19. The standard InChI is InChI=1S/C23H18N2O2S/c1-27-20-14-12-18(13-15-20)24-23-25(19-10-6-3-7-11-19)22(26)21(28-23)16-17-8-4-2-5-9-17/h2-16H,1H3/b21-16-,24-23?. The van der Waals surface area contributed by atoms with Gasteiger partial charge in [0.05, 0.1) is 23.4 Å². The lowest BCUT2D eigenvalue weighted by molar-refractivity contribution is -0.113. The monoisotopic (exact) mass is 386 g/mol. The van der Waals surface area contributed by atoms with E-state index in [-0.39, 0.29) is 5.91 Å². The number of carbonyl (C=O) groups excluding carboxylic acids is 1. The Morgan fingerprint density at radius 1 is 0.893 bits per heavy atom. The van der Waals surface area contributed by atoms with Crippen molar-refractivity contribution in [1.82, 2.24) is 0 Å². The average molecular weight is 386 g/mol. The smallest absolute Gasteiger partial charge is 0.271 e. The van der Waals surface area contributed by atoms with Gasteiger partial charge in [0.25, 0.3) is 5.91 Å². The zero-order valence-electron chi connectivity index (χ0n) is 15.3. The van der Waals surface area contributed by atoms with Crippen LogP contribution in [-0.2, 0) is 4.79 Å². The zero-order valence-corrected chi connectivity index (χ0v) is 16.1. The number of nitrogens with zero attached hydrogens (tertiary/aromatic N) is 2. The molecule has 1 aliphatic rings. The number of hydrogen-bond donors (Lipinski definition) is 0. The minimum absolute atomic E-state index is 0.0766. The molecule has 138 valence electrons. The number of amides is 1. The number of benzene rings is 3. The van der Waals surface area contributed by atoms with Crippen molar-refractivity contribution < 1.29 is 9.53 Å². The third-order valence-corrected chi connectivity index (χ3v) is 5.18. The van der Waals surface area contributed by atoms with Crippen molar-refractivity contribution in [2.75, 3.05) is 12.0 Å². The van der Waals surface area contributed by atoms with Crippen LogP contribution in [0.2, 0.25) is 0 Å². The van der Waals surface area contributed by atoms with Gasteiger partial charge in [-0.25, -0.2) is 4.99 Å². The fourth-order valence-corrected chi connectivity index (χ4v) is 3.82. The molecule has 1 fully saturated rings. The van der Waals surface area contributed by atoms with Crippen LogP contribution in [0.5, 0.6) is 5.75 Å². The van der Waals surface area contributed by atoms with Gasteiger partial charge in [0.1, 0.15) is 5.75 Å². The van der Waals surface area contributed by atoms with Crippen LogP contribution in [0.1, 0.15) is 5.56 Å². The largest absolute Gasteiger partial charge is 0.497 e. The molecule has 4 rings (SSSR count). The number of carbonyl (C=O) groups is 1. The van der Waals surface area contributed by atoms with Gasteiger partial charge >= 0.3 is 0 Å². The van der Waals surface area contributed by atoms with Gasteiger partial charge in [-0.3, -0.25) is 9.69 Å². The Bertz CT molecular complexity index is 1030. The summed E-state index contributed by atoms with van der Waals surface area (Å²) in [5.41, 5.74) is 2.54. The molecule has 0 saturated carbocycles. The molecule has 0 aliphatic carbocycles. The summed E-state index contributed by atoms with van der Waals surface area (Å²) in [4.78, 5) is 20.2. The maximum Gasteiger partial charge on any atom is 0.271 e. The Balaban J connectivity index is 1.74. The number of aliphatic imine (C=N–C) groups is 1. The first-order valence-corrected chi connectivity index (χ1v) is 9.63. The molecule has 0 N–H and O–H groups in total. The summed E-state index contributed by atoms with van der Waals surface area (Å²) in [7, 11) is 1.63. The molecule has 3 aromatic rings. The molecule has 3 aromatic carbocycles. The maximum atomic E-state index is 13.1. The first-order chi connectivity index (χ1) is 13.7. The normalized spacial score (nSPS) is 16.8. The molecule has 4 nitrogen and oxygen atoms in total. The molecule has 1 amide bonds. The predicted molar refractivity (Wildman–Crippen MR) is 116 cm³/mol. The second kappa shape index (κ2) is 8.15. The highest BCUT2D eigenvalue weighted by atomic mass is 32.2. The summed E-state index contributed by atoms with van der Waals surface area (Å²) in [6.45, 7) is 0. The Hall–Kier alpha value is -3.31. The molecule has 1 aliphatic heterocycles. The van der Waals surface area contributed by atoms with Crippen molar-refractivity contribution in [3.8, 4) is 5.75 Å². The average Bonchev–Trinajstić information content (AvgIpc) is 3.04. The number of anilines is 1. The maximum absolute atomic E-state index is 13.1. The van der Waals surface area contributed by atoms with Crippen LogP contribution >= 0.6 is 11.8 Å². The first-order valence-electron chi connectivity index (χ1n) is 8.81. The third-order valence-electron chi connectivity index (χ3n) is 4.22.